The Morgan fingerprint density at radius 1 is 1.38 bits per heavy atom. The molecule has 78 valence electrons. The third kappa shape index (κ3) is 9.30. The lowest BCUT2D eigenvalue weighted by Gasteiger charge is -2.08. The van der Waals surface area contributed by atoms with E-state index in [-0.39, 0.29) is 18.6 Å². The van der Waals surface area contributed by atoms with Gasteiger partial charge >= 0.3 is 0 Å². The minimum absolute atomic E-state index is 0.0755. The highest BCUT2D eigenvalue weighted by atomic mass is 16.3. The first-order valence-corrected chi connectivity index (χ1v) is 4.77. The van der Waals surface area contributed by atoms with Gasteiger partial charge in [0, 0.05) is 25.6 Å². The molecule has 0 atom stereocenters. The summed E-state index contributed by atoms with van der Waals surface area (Å²) in [4.78, 5) is 11.1. The van der Waals surface area contributed by atoms with Crippen LogP contribution in [0, 0.1) is 0 Å². The molecule has 0 aromatic carbocycles. The maximum absolute atomic E-state index is 11.1. The van der Waals surface area contributed by atoms with Gasteiger partial charge in [-0.25, -0.2) is 0 Å². The average Bonchev–Trinajstić information content (AvgIpc) is 2.02. The van der Waals surface area contributed by atoms with Gasteiger partial charge in [0.2, 0.25) is 5.91 Å². The summed E-state index contributed by atoms with van der Waals surface area (Å²) in [6.45, 7) is 5.53. The van der Waals surface area contributed by atoms with Gasteiger partial charge in [0.25, 0.3) is 0 Å². The first-order valence-electron chi connectivity index (χ1n) is 4.77. The highest BCUT2D eigenvalue weighted by molar-refractivity contribution is 5.76. The number of amides is 1. The van der Waals surface area contributed by atoms with E-state index in [4.69, 9.17) is 5.11 Å². The minimum Gasteiger partial charge on any atom is -0.396 e. The van der Waals surface area contributed by atoms with Gasteiger partial charge < -0.3 is 15.7 Å². The molecule has 0 bridgehead atoms. The van der Waals surface area contributed by atoms with Crippen molar-refractivity contribution in [1.29, 1.82) is 0 Å². The van der Waals surface area contributed by atoms with Crippen molar-refractivity contribution in [2.45, 2.75) is 32.7 Å². The smallest absolute Gasteiger partial charge is 0.221 e. The third-order valence-corrected chi connectivity index (χ3v) is 1.49. The maximum atomic E-state index is 11.1. The van der Waals surface area contributed by atoms with Gasteiger partial charge in [0.1, 0.15) is 0 Å². The fourth-order valence-corrected chi connectivity index (χ4v) is 0.925. The molecule has 0 saturated carbocycles. The summed E-state index contributed by atoms with van der Waals surface area (Å²) in [6, 6.07) is 0.213. The Kier molecular flexibility index (Phi) is 7.63. The van der Waals surface area contributed by atoms with Crippen LogP contribution < -0.4 is 10.6 Å². The van der Waals surface area contributed by atoms with E-state index in [1.54, 1.807) is 0 Å². The standard InChI is InChI=1S/C9H20N2O2/c1-8(2)11-9(13)4-6-10-5-3-7-12/h8,10,12H,3-7H2,1-2H3,(H,11,13). The lowest BCUT2D eigenvalue weighted by molar-refractivity contribution is -0.121. The number of nitrogens with one attached hydrogen (secondary N) is 2. The predicted molar refractivity (Wildman–Crippen MR) is 52.5 cm³/mol. The number of hydrogen-bond acceptors (Lipinski definition) is 3. The predicted octanol–water partition coefficient (Wildman–Crippen LogP) is -0.127. The van der Waals surface area contributed by atoms with Crippen molar-refractivity contribution < 1.29 is 9.90 Å². The third-order valence-electron chi connectivity index (χ3n) is 1.49. The first-order chi connectivity index (χ1) is 6.16. The second kappa shape index (κ2) is 8.01. The molecule has 0 heterocycles. The van der Waals surface area contributed by atoms with Crippen molar-refractivity contribution in [3.8, 4) is 0 Å². The van der Waals surface area contributed by atoms with Crippen LogP contribution in [0.15, 0.2) is 0 Å². The molecule has 0 saturated heterocycles. The van der Waals surface area contributed by atoms with E-state index in [0.717, 1.165) is 13.0 Å². The highest BCUT2D eigenvalue weighted by Gasteiger charge is 2.01. The van der Waals surface area contributed by atoms with Crippen molar-refractivity contribution >= 4 is 5.91 Å². The van der Waals surface area contributed by atoms with Crippen LogP contribution in [-0.4, -0.2) is 36.8 Å². The van der Waals surface area contributed by atoms with E-state index in [0.29, 0.717) is 13.0 Å². The molecule has 0 unspecified atom stereocenters. The summed E-state index contributed by atoms with van der Waals surface area (Å²) in [6.07, 6.45) is 1.25. The molecule has 13 heavy (non-hydrogen) atoms. The van der Waals surface area contributed by atoms with E-state index >= 15 is 0 Å². The minimum atomic E-state index is 0.0755. The Morgan fingerprint density at radius 2 is 2.08 bits per heavy atom. The van der Waals surface area contributed by atoms with Crippen LogP contribution in [0.1, 0.15) is 26.7 Å². The molecular formula is C9H20N2O2. The van der Waals surface area contributed by atoms with Crippen LogP contribution in [0.4, 0.5) is 0 Å². The number of carbonyl (C=O) groups excluding carboxylic acids is 1. The second-order valence-corrected chi connectivity index (χ2v) is 3.30. The van der Waals surface area contributed by atoms with Crippen LogP contribution in [0.25, 0.3) is 0 Å². The zero-order chi connectivity index (χ0) is 10.1. The Labute approximate surface area is 79.7 Å². The van der Waals surface area contributed by atoms with Crippen LogP contribution in [0.3, 0.4) is 0 Å². The zero-order valence-corrected chi connectivity index (χ0v) is 8.47. The summed E-state index contributed by atoms with van der Waals surface area (Å²) in [7, 11) is 0. The summed E-state index contributed by atoms with van der Waals surface area (Å²) >= 11 is 0. The zero-order valence-electron chi connectivity index (χ0n) is 8.47. The van der Waals surface area contributed by atoms with E-state index in [1.165, 1.54) is 0 Å². The molecule has 3 N–H and O–H groups in total. The Hall–Kier alpha value is -0.610. The van der Waals surface area contributed by atoms with Crippen molar-refractivity contribution in [2.75, 3.05) is 19.7 Å². The molecule has 0 aliphatic heterocycles. The Bertz CT molecular complexity index is 138. The number of hydrogen-bond donors (Lipinski definition) is 3. The molecule has 0 aliphatic rings. The molecule has 0 spiro atoms. The van der Waals surface area contributed by atoms with Gasteiger partial charge in [-0.05, 0) is 26.8 Å². The maximum Gasteiger partial charge on any atom is 0.221 e. The Morgan fingerprint density at radius 3 is 2.62 bits per heavy atom. The number of carbonyl (C=O) groups is 1. The number of aliphatic hydroxyl groups is 1. The lowest BCUT2D eigenvalue weighted by Crippen LogP contribution is -2.32. The highest BCUT2D eigenvalue weighted by Crippen LogP contribution is 1.82. The van der Waals surface area contributed by atoms with Gasteiger partial charge in [-0.15, -0.1) is 0 Å². The fraction of sp³-hybridized carbons (Fsp3) is 0.889. The molecule has 0 aromatic heterocycles. The van der Waals surface area contributed by atoms with Crippen molar-refractivity contribution in [2.24, 2.45) is 0 Å². The molecule has 4 heteroatoms. The fourth-order valence-electron chi connectivity index (χ4n) is 0.925. The molecule has 0 aliphatic carbocycles. The summed E-state index contributed by atoms with van der Waals surface area (Å²) in [5, 5.41) is 14.3. The van der Waals surface area contributed by atoms with Crippen LogP contribution in [0.5, 0.6) is 0 Å². The van der Waals surface area contributed by atoms with Gasteiger partial charge in [0.15, 0.2) is 0 Å². The monoisotopic (exact) mass is 188 g/mol. The SMILES string of the molecule is CC(C)NC(=O)CCNCCCO. The first kappa shape index (κ1) is 12.4. The number of aliphatic hydroxyl groups excluding tert-OH is 1. The molecule has 0 rings (SSSR count). The molecule has 1 amide bonds. The largest absolute Gasteiger partial charge is 0.396 e. The summed E-state index contributed by atoms with van der Waals surface area (Å²) in [5.41, 5.74) is 0. The molecule has 0 radical (unpaired) electrons. The van der Waals surface area contributed by atoms with E-state index in [2.05, 4.69) is 10.6 Å². The van der Waals surface area contributed by atoms with Gasteiger partial charge in [0.05, 0.1) is 0 Å². The van der Waals surface area contributed by atoms with Crippen molar-refractivity contribution in [1.82, 2.24) is 10.6 Å². The van der Waals surface area contributed by atoms with Gasteiger partial charge in [-0.2, -0.15) is 0 Å². The van der Waals surface area contributed by atoms with Crippen molar-refractivity contribution in [3.05, 3.63) is 0 Å². The molecule has 4 nitrogen and oxygen atoms in total. The quantitative estimate of drug-likeness (QED) is 0.488. The molecular weight excluding hydrogens is 168 g/mol. The summed E-state index contributed by atoms with van der Waals surface area (Å²) in [5.74, 6) is 0.0755. The number of rotatable bonds is 7. The molecule has 0 fully saturated rings. The topological polar surface area (TPSA) is 61.4 Å². The van der Waals surface area contributed by atoms with E-state index < -0.39 is 0 Å². The van der Waals surface area contributed by atoms with Crippen LogP contribution >= 0.6 is 0 Å². The molecule has 0 aromatic rings. The van der Waals surface area contributed by atoms with Crippen LogP contribution in [0.2, 0.25) is 0 Å². The normalized spacial score (nSPS) is 10.5. The van der Waals surface area contributed by atoms with Crippen molar-refractivity contribution in [3.63, 3.8) is 0 Å². The Balaban J connectivity index is 3.17. The van der Waals surface area contributed by atoms with Gasteiger partial charge in [-0.1, -0.05) is 0 Å². The van der Waals surface area contributed by atoms with E-state index in [1.807, 2.05) is 13.8 Å². The van der Waals surface area contributed by atoms with E-state index in [9.17, 15) is 4.79 Å². The second-order valence-electron chi connectivity index (χ2n) is 3.30. The van der Waals surface area contributed by atoms with Crippen LogP contribution in [-0.2, 0) is 4.79 Å². The average molecular weight is 188 g/mol. The van der Waals surface area contributed by atoms with Gasteiger partial charge in [-0.3, -0.25) is 4.79 Å². The summed E-state index contributed by atoms with van der Waals surface area (Å²) < 4.78 is 0. The lowest BCUT2D eigenvalue weighted by atomic mass is 10.3.